The summed E-state index contributed by atoms with van der Waals surface area (Å²) in [5.41, 5.74) is 5.68. The third-order valence-corrected chi connectivity index (χ3v) is 4.60. The quantitative estimate of drug-likeness (QED) is 0.815. The molecule has 1 aliphatic carbocycles. The van der Waals surface area contributed by atoms with Crippen LogP contribution in [0, 0.1) is 5.41 Å². The Morgan fingerprint density at radius 1 is 1.17 bits per heavy atom. The van der Waals surface area contributed by atoms with Crippen LogP contribution in [0.3, 0.4) is 0 Å². The zero-order valence-corrected chi connectivity index (χ0v) is 11.7. The maximum atomic E-state index is 12.6. The lowest BCUT2D eigenvalue weighted by Crippen LogP contribution is -2.54. The van der Waals surface area contributed by atoms with E-state index in [1.807, 2.05) is 0 Å². The van der Waals surface area contributed by atoms with Crippen LogP contribution in [0.5, 0.6) is 0 Å². The number of carbonyl (C=O) groups is 1. The molecule has 0 unspecified atom stereocenters. The third-order valence-electron chi connectivity index (χ3n) is 4.60. The van der Waals surface area contributed by atoms with Gasteiger partial charge in [0.1, 0.15) is 0 Å². The van der Waals surface area contributed by atoms with Crippen molar-refractivity contribution >= 4 is 5.91 Å². The lowest BCUT2D eigenvalue weighted by atomic mass is 9.84. The Labute approximate surface area is 110 Å². The Balaban J connectivity index is 1.90. The average molecular weight is 253 g/mol. The second kappa shape index (κ2) is 6.02. The van der Waals surface area contributed by atoms with Gasteiger partial charge in [-0.2, -0.15) is 0 Å². The lowest BCUT2D eigenvalue weighted by molar-refractivity contribution is -0.143. The van der Waals surface area contributed by atoms with E-state index in [2.05, 4.69) is 16.7 Å². The largest absolute Gasteiger partial charge is 0.340 e. The molecule has 1 saturated carbocycles. The summed E-state index contributed by atoms with van der Waals surface area (Å²) in [4.78, 5) is 17.2. The van der Waals surface area contributed by atoms with Crippen molar-refractivity contribution in [3.8, 4) is 0 Å². The molecular weight excluding hydrogens is 226 g/mol. The zero-order chi connectivity index (χ0) is 13.0. The summed E-state index contributed by atoms with van der Waals surface area (Å²) < 4.78 is 0. The minimum atomic E-state index is -0.215. The fourth-order valence-corrected chi connectivity index (χ4v) is 3.38. The number of rotatable bonds is 4. The summed E-state index contributed by atoms with van der Waals surface area (Å²) in [7, 11) is 0. The Hall–Kier alpha value is -0.610. The first-order chi connectivity index (χ1) is 8.72. The second-order valence-electron chi connectivity index (χ2n) is 5.83. The van der Waals surface area contributed by atoms with Gasteiger partial charge in [-0.05, 0) is 25.8 Å². The van der Waals surface area contributed by atoms with Gasteiger partial charge in [-0.1, -0.05) is 19.8 Å². The highest BCUT2D eigenvalue weighted by atomic mass is 16.2. The monoisotopic (exact) mass is 253 g/mol. The fourth-order valence-electron chi connectivity index (χ4n) is 3.38. The third kappa shape index (κ3) is 2.69. The molecule has 0 radical (unpaired) electrons. The topological polar surface area (TPSA) is 49.6 Å². The van der Waals surface area contributed by atoms with E-state index < -0.39 is 0 Å². The zero-order valence-electron chi connectivity index (χ0n) is 11.7. The smallest absolute Gasteiger partial charge is 0.230 e. The molecule has 4 heteroatoms. The van der Waals surface area contributed by atoms with E-state index in [0.29, 0.717) is 12.5 Å². The van der Waals surface area contributed by atoms with Gasteiger partial charge < -0.3 is 10.6 Å². The van der Waals surface area contributed by atoms with Crippen molar-refractivity contribution in [1.82, 2.24) is 9.80 Å². The Morgan fingerprint density at radius 2 is 1.78 bits per heavy atom. The molecule has 1 saturated heterocycles. The molecule has 2 aliphatic rings. The van der Waals surface area contributed by atoms with Gasteiger partial charge in [0.05, 0.1) is 5.41 Å². The summed E-state index contributed by atoms with van der Waals surface area (Å²) in [6, 6.07) is 0. The van der Waals surface area contributed by atoms with E-state index in [1.165, 1.54) is 19.3 Å². The molecule has 2 N–H and O–H groups in total. The van der Waals surface area contributed by atoms with Crippen LogP contribution in [0.25, 0.3) is 0 Å². The molecule has 0 atom stereocenters. The van der Waals surface area contributed by atoms with Crippen molar-refractivity contribution in [2.45, 2.75) is 39.0 Å². The first kappa shape index (κ1) is 13.8. The van der Waals surface area contributed by atoms with E-state index >= 15 is 0 Å². The first-order valence-corrected chi connectivity index (χ1v) is 7.43. The molecule has 1 amide bonds. The number of hydrogen-bond acceptors (Lipinski definition) is 3. The SMILES string of the molecule is CCCN1CCN(C(=O)C2(CN)CCCC2)CC1. The van der Waals surface area contributed by atoms with Crippen LogP contribution in [0.1, 0.15) is 39.0 Å². The van der Waals surface area contributed by atoms with Gasteiger partial charge in [-0.25, -0.2) is 0 Å². The number of piperazine rings is 1. The van der Waals surface area contributed by atoms with Crippen molar-refractivity contribution in [2.24, 2.45) is 11.1 Å². The van der Waals surface area contributed by atoms with Gasteiger partial charge in [0, 0.05) is 32.7 Å². The van der Waals surface area contributed by atoms with E-state index in [-0.39, 0.29) is 5.41 Å². The van der Waals surface area contributed by atoms with Gasteiger partial charge >= 0.3 is 0 Å². The highest BCUT2D eigenvalue weighted by Gasteiger charge is 2.42. The molecule has 2 fully saturated rings. The van der Waals surface area contributed by atoms with Gasteiger partial charge in [0.25, 0.3) is 0 Å². The van der Waals surface area contributed by atoms with Crippen LogP contribution < -0.4 is 5.73 Å². The van der Waals surface area contributed by atoms with Gasteiger partial charge in [0.15, 0.2) is 0 Å². The van der Waals surface area contributed by atoms with E-state index in [1.54, 1.807) is 0 Å². The molecule has 104 valence electrons. The van der Waals surface area contributed by atoms with Crippen molar-refractivity contribution in [3.63, 3.8) is 0 Å². The molecule has 0 bridgehead atoms. The van der Waals surface area contributed by atoms with Crippen LogP contribution >= 0.6 is 0 Å². The fraction of sp³-hybridized carbons (Fsp3) is 0.929. The maximum absolute atomic E-state index is 12.6. The van der Waals surface area contributed by atoms with Crippen molar-refractivity contribution in [2.75, 3.05) is 39.3 Å². The normalized spacial score (nSPS) is 24.4. The number of nitrogens with zero attached hydrogens (tertiary/aromatic N) is 2. The molecule has 0 aromatic heterocycles. The maximum Gasteiger partial charge on any atom is 0.230 e. The summed E-state index contributed by atoms with van der Waals surface area (Å²) in [5, 5.41) is 0. The highest BCUT2D eigenvalue weighted by molar-refractivity contribution is 5.83. The molecular formula is C14H27N3O. The van der Waals surface area contributed by atoms with Gasteiger partial charge in [-0.15, -0.1) is 0 Å². The minimum Gasteiger partial charge on any atom is -0.340 e. The Bertz CT molecular complexity index is 279. The number of hydrogen-bond donors (Lipinski definition) is 1. The second-order valence-corrected chi connectivity index (χ2v) is 5.83. The van der Waals surface area contributed by atoms with Crippen LogP contribution in [0.2, 0.25) is 0 Å². The summed E-state index contributed by atoms with van der Waals surface area (Å²) in [6.07, 6.45) is 5.52. The molecule has 18 heavy (non-hydrogen) atoms. The van der Waals surface area contributed by atoms with E-state index in [9.17, 15) is 4.79 Å². The van der Waals surface area contributed by atoms with E-state index in [4.69, 9.17) is 5.73 Å². The Morgan fingerprint density at radius 3 is 2.28 bits per heavy atom. The van der Waals surface area contributed by atoms with Crippen molar-refractivity contribution in [1.29, 1.82) is 0 Å². The number of nitrogens with two attached hydrogens (primary N) is 1. The molecule has 2 rings (SSSR count). The lowest BCUT2D eigenvalue weighted by Gasteiger charge is -2.39. The number of amides is 1. The summed E-state index contributed by atoms with van der Waals surface area (Å²) in [6.45, 7) is 7.73. The van der Waals surface area contributed by atoms with Crippen LogP contribution in [-0.2, 0) is 4.79 Å². The summed E-state index contributed by atoms with van der Waals surface area (Å²) >= 11 is 0. The van der Waals surface area contributed by atoms with Crippen LogP contribution in [0.15, 0.2) is 0 Å². The highest BCUT2D eigenvalue weighted by Crippen LogP contribution is 2.38. The first-order valence-electron chi connectivity index (χ1n) is 7.43. The van der Waals surface area contributed by atoms with Crippen molar-refractivity contribution < 1.29 is 4.79 Å². The van der Waals surface area contributed by atoms with E-state index in [0.717, 1.165) is 45.6 Å². The molecule has 0 aromatic carbocycles. The summed E-state index contributed by atoms with van der Waals surface area (Å²) in [5.74, 6) is 0.332. The molecule has 0 spiro atoms. The van der Waals surface area contributed by atoms with Crippen LogP contribution in [-0.4, -0.2) is 55.0 Å². The van der Waals surface area contributed by atoms with Gasteiger partial charge in [-0.3, -0.25) is 9.69 Å². The molecule has 4 nitrogen and oxygen atoms in total. The van der Waals surface area contributed by atoms with Gasteiger partial charge in [0.2, 0.25) is 5.91 Å². The molecule has 1 heterocycles. The minimum absolute atomic E-state index is 0.215. The van der Waals surface area contributed by atoms with Crippen LogP contribution in [0.4, 0.5) is 0 Å². The average Bonchev–Trinajstić information content (AvgIpc) is 2.89. The molecule has 0 aromatic rings. The van der Waals surface area contributed by atoms with Crippen molar-refractivity contribution in [3.05, 3.63) is 0 Å². The standard InChI is InChI=1S/C14H27N3O/c1-2-7-16-8-10-17(11-9-16)13(18)14(12-15)5-3-4-6-14/h2-12,15H2,1H3. The predicted octanol–water partition coefficient (Wildman–Crippen LogP) is 1.06. The predicted molar refractivity (Wildman–Crippen MR) is 73.3 cm³/mol. The molecule has 1 aliphatic heterocycles. The Kier molecular flexibility index (Phi) is 4.62. The number of carbonyl (C=O) groups excluding carboxylic acids is 1.